The lowest BCUT2D eigenvalue weighted by Crippen LogP contribution is -2.70. The highest BCUT2D eigenvalue weighted by Gasteiger charge is 2.58. The van der Waals surface area contributed by atoms with Gasteiger partial charge >= 0.3 is 5.97 Å². The van der Waals surface area contributed by atoms with Crippen molar-refractivity contribution in [1.82, 2.24) is 15.2 Å². The minimum atomic E-state index is -1.54. The monoisotopic (exact) mass is 802 g/mol. The van der Waals surface area contributed by atoms with Gasteiger partial charge in [0.1, 0.15) is 41.4 Å². The van der Waals surface area contributed by atoms with Crippen LogP contribution >= 0.6 is 0 Å². The van der Waals surface area contributed by atoms with Crippen molar-refractivity contribution in [1.29, 1.82) is 0 Å². The molecular weight excluding hydrogens is 748 g/mol. The number of carbonyl (C=O) groups excluding carboxylic acids is 2. The number of hydrogen-bond donors (Lipinski definition) is 3. The van der Waals surface area contributed by atoms with Crippen LogP contribution in [0.4, 0.5) is 10.1 Å². The van der Waals surface area contributed by atoms with Crippen LogP contribution < -0.4 is 4.90 Å². The molecule has 13 nitrogen and oxygen atoms in total. The van der Waals surface area contributed by atoms with Crippen LogP contribution in [0, 0.1) is 5.82 Å². The summed E-state index contributed by atoms with van der Waals surface area (Å²) in [5.41, 5.74) is 1.94. The van der Waals surface area contributed by atoms with Gasteiger partial charge in [0.05, 0.1) is 32.3 Å². The Balaban J connectivity index is 0.000000344. The minimum absolute atomic E-state index is 0.00639. The summed E-state index contributed by atoms with van der Waals surface area (Å²) < 4.78 is 41.2. The molecule has 0 spiro atoms. The number of H-pyrrole nitrogens is 1. The summed E-state index contributed by atoms with van der Waals surface area (Å²) in [4.78, 5) is 29.4. The zero-order valence-electron chi connectivity index (χ0n) is 34.1. The first-order chi connectivity index (χ1) is 27.5. The number of esters is 1. The number of rotatable bonds is 12. The third-order valence-corrected chi connectivity index (χ3v) is 10.8. The number of nitrogens with zero attached hydrogens (tertiary/aromatic N) is 3. The molecule has 1 aromatic heterocycles. The van der Waals surface area contributed by atoms with E-state index in [9.17, 15) is 24.2 Å². The van der Waals surface area contributed by atoms with Crippen molar-refractivity contribution in [2.75, 3.05) is 24.7 Å². The van der Waals surface area contributed by atoms with Crippen molar-refractivity contribution in [3.05, 3.63) is 113 Å². The molecule has 0 bridgehead atoms. The summed E-state index contributed by atoms with van der Waals surface area (Å²) in [6.45, 7) is 10.3. The number of aliphatic hydroxyl groups is 2. The minimum Gasteiger partial charge on any atom is -0.458 e. The maximum Gasteiger partial charge on any atom is 0.303 e. The molecule has 4 unspecified atom stereocenters. The lowest BCUT2D eigenvalue weighted by Gasteiger charge is -2.54. The smallest absolute Gasteiger partial charge is 0.303 e. The molecule has 3 fully saturated rings. The first-order valence-corrected chi connectivity index (χ1v) is 19.8. The van der Waals surface area contributed by atoms with Gasteiger partial charge in [-0.15, -0.1) is 0 Å². The van der Waals surface area contributed by atoms with Gasteiger partial charge in [0.2, 0.25) is 5.91 Å². The Morgan fingerprint density at radius 2 is 1.52 bits per heavy atom. The van der Waals surface area contributed by atoms with Crippen LogP contribution in [0.15, 0.2) is 79.1 Å². The predicted molar refractivity (Wildman–Crippen MR) is 212 cm³/mol. The predicted octanol–water partition coefficient (Wildman–Crippen LogP) is 6.24. The average molecular weight is 803 g/mol. The summed E-state index contributed by atoms with van der Waals surface area (Å²) in [5, 5.41) is 30.1. The first-order valence-electron chi connectivity index (χ1n) is 19.8. The van der Waals surface area contributed by atoms with Gasteiger partial charge in [0.15, 0.2) is 11.6 Å². The van der Waals surface area contributed by atoms with Crippen LogP contribution in [0.5, 0.6) is 0 Å². The van der Waals surface area contributed by atoms with Crippen LogP contribution in [-0.2, 0) is 52.5 Å². The molecule has 312 valence electrons. The molecule has 4 heterocycles. The average Bonchev–Trinajstić information content (AvgIpc) is 3.72. The summed E-state index contributed by atoms with van der Waals surface area (Å²) >= 11 is 0. The largest absolute Gasteiger partial charge is 0.458 e. The number of halogens is 1. The summed E-state index contributed by atoms with van der Waals surface area (Å²) in [5.74, 6) is -1.46. The number of anilines is 1. The van der Waals surface area contributed by atoms with Crippen LogP contribution in [-0.4, -0.2) is 86.0 Å². The van der Waals surface area contributed by atoms with Gasteiger partial charge in [-0.1, -0.05) is 55.5 Å². The molecule has 0 saturated carbocycles. The molecule has 3 aliphatic heterocycles. The molecule has 4 atom stereocenters. The highest BCUT2D eigenvalue weighted by molar-refractivity contribution is 6.01. The number of aromatic nitrogens is 3. The summed E-state index contributed by atoms with van der Waals surface area (Å²) in [6.07, 6.45) is 3.85. The zero-order valence-corrected chi connectivity index (χ0v) is 34.1. The molecule has 58 heavy (non-hydrogen) atoms. The van der Waals surface area contributed by atoms with Gasteiger partial charge in [-0.3, -0.25) is 14.7 Å². The van der Waals surface area contributed by atoms with Crippen LogP contribution in [0.3, 0.4) is 0 Å². The van der Waals surface area contributed by atoms with Crippen LogP contribution in [0.2, 0.25) is 0 Å². The van der Waals surface area contributed by atoms with Crippen molar-refractivity contribution in [3.8, 4) is 0 Å². The topological polar surface area (TPSA) is 166 Å². The second-order valence-electron chi connectivity index (χ2n) is 16.3. The third-order valence-electron chi connectivity index (χ3n) is 10.8. The number of hydrogen-bond acceptors (Lipinski definition) is 11. The number of nitrogens with one attached hydrogen (secondary N) is 1. The zero-order chi connectivity index (χ0) is 41.7. The normalized spacial score (nSPS) is 23.9. The van der Waals surface area contributed by atoms with Crippen molar-refractivity contribution in [2.24, 2.45) is 0 Å². The molecule has 1 amide bonds. The first kappa shape index (κ1) is 43.0. The Bertz CT molecular complexity index is 1960. The molecule has 3 N–H and O–H groups in total. The SMILES string of the molecule is CC1(C)OCC(O)(C2OC(C)(C)OCC2(O)CCc2ccc(C3CC(=O)N3c3ccc(CCc4ncn[nH]4)cc3)cc2)CO1.CCC(OC(C)=O)c1ccc(F)cc1. The van der Waals surface area contributed by atoms with Gasteiger partial charge in [0, 0.05) is 19.0 Å². The highest BCUT2D eigenvalue weighted by Crippen LogP contribution is 2.42. The van der Waals surface area contributed by atoms with E-state index >= 15 is 0 Å². The second kappa shape index (κ2) is 17.7. The number of carbonyl (C=O) groups is 2. The quantitative estimate of drug-likeness (QED) is 0.110. The van der Waals surface area contributed by atoms with E-state index in [1.165, 1.54) is 30.9 Å². The maximum atomic E-state index is 12.6. The molecule has 14 heteroatoms. The Kier molecular flexibility index (Phi) is 13.2. The van der Waals surface area contributed by atoms with Gasteiger partial charge in [0.25, 0.3) is 0 Å². The van der Waals surface area contributed by atoms with E-state index in [1.807, 2.05) is 48.2 Å². The number of β-lactam (4-membered cyclic amide) rings is 1. The third kappa shape index (κ3) is 10.5. The Morgan fingerprint density at radius 1 is 0.897 bits per heavy atom. The van der Waals surface area contributed by atoms with E-state index in [0.29, 0.717) is 25.7 Å². The lowest BCUT2D eigenvalue weighted by molar-refractivity contribution is -0.394. The van der Waals surface area contributed by atoms with E-state index in [0.717, 1.165) is 41.0 Å². The summed E-state index contributed by atoms with van der Waals surface area (Å²) in [6, 6.07) is 22.2. The van der Waals surface area contributed by atoms with Crippen molar-refractivity contribution < 1.29 is 47.9 Å². The van der Waals surface area contributed by atoms with Crippen molar-refractivity contribution in [3.63, 3.8) is 0 Å². The summed E-state index contributed by atoms with van der Waals surface area (Å²) in [7, 11) is 0. The molecular formula is C44H55FN4O9. The highest BCUT2D eigenvalue weighted by atomic mass is 19.1. The lowest BCUT2D eigenvalue weighted by atomic mass is 9.79. The van der Waals surface area contributed by atoms with Gasteiger partial charge in [-0.2, -0.15) is 5.10 Å². The Hall–Kier alpha value is -4.57. The standard InChI is InChI=1S/C33H42N4O7.C11H13FO2/c1-30(2)41-19-33(40,20-42-30)29-32(39,18-43-31(3,4)44-29)16-15-23-5-10-24(11-6-23)26-17-28(38)37(26)25-12-7-22(8-13-25)9-14-27-34-21-35-36-27;1-3-11(14-8(2)13)9-4-6-10(12)7-5-9/h5-8,10-13,21,26,29,39-40H,9,14-20H2,1-4H3,(H,34,35,36);4-7,11H,3H2,1-2H3. The van der Waals surface area contributed by atoms with E-state index in [-0.39, 0.29) is 49.7 Å². The molecule has 0 radical (unpaired) electrons. The molecule has 3 saturated heterocycles. The van der Waals surface area contributed by atoms with E-state index < -0.39 is 28.9 Å². The molecule has 7 rings (SSSR count). The molecule has 4 aromatic rings. The van der Waals surface area contributed by atoms with E-state index in [1.54, 1.807) is 39.8 Å². The Morgan fingerprint density at radius 3 is 2.10 bits per heavy atom. The molecule has 3 aromatic carbocycles. The second-order valence-corrected chi connectivity index (χ2v) is 16.3. The number of amides is 1. The molecule has 3 aliphatic rings. The Labute approximate surface area is 338 Å². The number of aromatic amines is 1. The molecule has 0 aliphatic carbocycles. The fraction of sp³-hybridized carbons (Fsp3) is 0.500. The number of benzene rings is 3. The van der Waals surface area contributed by atoms with Crippen molar-refractivity contribution in [2.45, 2.75) is 121 Å². The van der Waals surface area contributed by atoms with Gasteiger partial charge in [-0.25, -0.2) is 9.37 Å². The van der Waals surface area contributed by atoms with Gasteiger partial charge < -0.3 is 38.8 Å². The van der Waals surface area contributed by atoms with Gasteiger partial charge in [-0.05, 0) is 99.9 Å². The number of aryl methyl sites for hydroxylation is 3. The number of ether oxygens (including phenoxy) is 5. The fourth-order valence-corrected chi connectivity index (χ4v) is 7.42. The van der Waals surface area contributed by atoms with E-state index in [2.05, 4.69) is 27.3 Å². The van der Waals surface area contributed by atoms with Crippen LogP contribution in [0.1, 0.15) is 101 Å². The maximum absolute atomic E-state index is 12.6. The van der Waals surface area contributed by atoms with E-state index in [4.69, 9.17) is 23.7 Å². The van der Waals surface area contributed by atoms with Crippen molar-refractivity contribution >= 4 is 17.6 Å². The fourth-order valence-electron chi connectivity index (χ4n) is 7.42. The van der Waals surface area contributed by atoms with Crippen LogP contribution in [0.25, 0.3) is 0 Å².